The molecule has 0 radical (unpaired) electrons. The quantitative estimate of drug-likeness (QED) is 0.249. The smallest absolute Gasteiger partial charge is 0.493 e. The average Bonchev–Trinajstić information content (AvgIpc) is 2.40. The Morgan fingerprint density at radius 2 is 1.80 bits per heavy atom. The minimum Gasteiger partial charge on any atom is -0.618 e. The van der Waals surface area contributed by atoms with E-state index in [1.165, 1.54) is 18.2 Å². The van der Waals surface area contributed by atoms with Crippen molar-refractivity contribution >= 4 is 11.9 Å². The summed E-state index contributed by atoms with van der Waals surface area (Å²) in [7, 11) is 0. The molecule has 2 rings (SSSR count). The van der Waals surface area contributed by atoms with Crippen LogP contribution in [0.25, 0.3) is 5.70 Å². The first kappa shape index (κ1) is 13.4. The summed E-state index contributed by atoms with van der Waals surface area (Å²) < 4.78 is 0.523. The molecule has 104 valence electrons. The monoisotopic (exact) mass is 280 g/mol. The minimum absolute atomic E-state index is 0.202. The Balaban J connectivity index is 2.64. The minimum atomic E-state index is -2.64. The molecule has 1 aliphatic heterocycles. The Kier molecular flexibility index (Phi) is 3.06. The number of pyridine rings is 1. The highest BCUT2D eigenvalue weighted by atomic mass is 16.7. The van der Waals surface area contributed by atoms with E-state index < -0.39 is 27.6 Å². The fraction of sp³-hybridized carbons (Fsp3) is 0.200. The van der Waals surface area contributed by atoms with Crippen molar-refractivity contribution in [1.29, 1.82) is 0 Å². The molecule has 0 bridgehead atoms. The molecule has 0 N–H and O–H groups in total. The van der Waals surface area contributed by atoms with Crippen LogP contribution < -0.4 is 4.73 Å². The van der Waals surface area contributed by atoms with Gasteiger partial charge in [0.25, 0.3) is 11.4 Å². The highest BCUT2D eigenvalue weighted by Gasteiger charge is 2.58. The molecule has 0 spiro atoms. The molecular weight excluding hydrogens is 272 g/mol. The topological polar surface area (TPSA) is 139 Å². The predicted molar refractivity (Wildman–Crippen MR) is 64.4 cm³/mol. The van der Waals surface area contributed by atoms with Gasteiger partial charge in [-0.3, -0.25) is 20.2 Å². The Labute approximate surface area is 111 Å². The molecular formula is C10H8N4O6. The van der Waals surface area contributed by atoms with Crippen molar-refractivity contribution < 1.29 is 19.3 Å². The molecule has 10 heteroatoms. The third kappa shape index (κ3) is 1.92. The van der Waals surface area contributed by atoms with Gasteiger partial charge in [-0.1, -0.05) is 0 Å². The average molecular weight is 280 g/mol. The summed E-state index contributed by atoms with van der Waals surface area (Å²) >= 11 is 0. The second kappa shape index (κ2) is 4.57. The van der Waals surface area contributed by atoms with Crippen LogP contribution in [-0.4, -0.2) is 26.5 Å². The van der Waals surface area contributed by atoms with Gasteiger partial charge in [0, 0.05) is 12.1 Å². The van der Waals surface area contributed by atoms with E-state index in [9.17, 15) is 30.6 Å². The van der Waals surface area contributed by atoms with Crippen LogP contribution in [0, 0.1) is 30.6 Å². The summed E-state index contributed by atoms with van der Waals surface area (Å²) in [6.07, 6.45) is 1.77. The molecule has 0 aliphatic carbocycles. The van der Waals surface area contributed by atoms with Gasteiger partial charge >= 0.3 is 5.66 Å². The summed E-state index contributed by atoms with van der Waals surface area (Å²) in [6.45, 7) is 0. The van der Waals surface area contributed by atoms with Crippen molar-refractivity contribution in [3.63, 3.8) is 0 Å². The highest BCUT2D eigenvalue weighted by Crippen LogP contribution is 2.26. The Hall–Kier alpha value is -3.04. The lowest BCUT2D eigenvalue weighted by atomic mass is 10.0. The molecule has 1 aromatic rings. The van der Waals surface area contributed by atoms with Gasteiger partial charge in [-0.05, 0) is 6.07 Å². The van der Waals surface area contributed by atoms with Gasteiger partial charge in [0.15, 0.2) is 18.8 Å². The largest absolute Gasteiger partial charge is 0.618 e. The zero-order valence-corrected chi connectivity index (χ0v) is 9.91. The number of hydroxylamine groups is 1. The van der Waals surface area contributed by atoms with Crippen LogP contribution in [0.15, 0.2) is 30.5 Å². The Morgan fingerprint density at radius 3 is 2.35 bits per heavy atom. The SMILES string of the molecule is O=[N+]([O-])C1([N+](=O)[O-])C=C(c2cccc[n+]2[O-])[N+]([O-])=CC1. The van der Waals surface area contributed by atoms with E-state index in [0.717, 1.165) is 12.4 Å². The molecule has 20 heavy (non-hydrogen) atoms. The van der Waals surface area contributed by atoms with Gasteiger partial charge in [-0.25, -0.2) is 0 Å². The molecule has 0 unspecified atom stereocenters. The van der Waals surface area contributed by atoms with Crippen LogP contribution in [0.3, 0.4) is 0 Å². The first-order valence-electron chi connectivity index (χ1n) is 5.38. The van der Waals surface area contributed by atoms with Crippen LogP contribution >= 0.6 is 0 Å². The summed E-state index contributed by atoms with van der Waals surface area (Å²) in [5.41, 5.74) is -3.27. The molecule has 0 saturated heterocycles. The second-order valence-corrected chi connectivity index (χ2v) is 4.05. The van der Waals surface area contributed by atoms with E-state index in [-0.39, 0.29) is 10.4 Å². The van der Waals surface area contributed by atoms with Gasteiger partial charge in [-0.2, -0.15) is 9.47 Å². The third-order valence-electron chi connectivity index (χ3n) is 2.88. The maximum atomic E-state index is 11.7. The first-order valence-corrected chi connectivity index (χ1v) is 5.38. The van der Waals surface area contributed by atoms with E-state index in [4.69, 9.17) is 0 Å². The number of nitrogens with zero attached hydrogens (tertiary/aromatic N) is 4. The van der Waals surface area contributed by atoms with E-state index in [1.54, 1.807) is 0 Å². The van der Waals surface area contributed by atoms with Crippen LogP contribution in [0.4, 0.5) is 0 Å². The predicted octanol–water partition coefficient (Wildman–Crippen LogP) is -0.105. The number of nitro groups is 2. The van der Waals surface area contributed by atoms with Crippen molar-refractivity contribution in [2.45, 2.75) is 12.1 Å². The summed E-state index contributed by atoms with van der Waals surface area (Å²) in [6, 6.07) is 4.08. The number of hydrogen-bond acceptors (Lipinski definition) is 6. The van der Waals surface area contributed by atoms with Gasteiger partial charge in [-0.15, -0.1) is 0 Å². The molecule has 0 fully saturated rings. The molecule has 0 saturated carbocycles. The second-order valence-electron chi connectivity index (χ2n) is 4.05. The summed E-state index contributed by atoms with van der Waals surface area (Å²) in [4.78, 5) is 19.8. The summed E-state index contributed by atoms with van der Waals surface area (Å²) in [5.74, 6) is 0. The van der Waals surface area contributed by atoms with Crippen LogP contribution in [0.1, 0.15) is 12.1 Å². The van der Waals surface area contributed by atoms with E-state index in [1.807, 2.05) is 0 Å². The highest BCUT2D eigenvalue weighted by molar-refractivity contribution is 5.66. The van der Waals surface area contributed by atoms with E-state index in [2.05, 4.69) is 0 Å². The fourth-order valence-electron chi connectivity index (χ4n) is 1.79. The maximum Gasteiger partial charge on any atom is 0.493 e. The van der Waals surface area contributed by atoms with Crippen molar-refractivity contribution in [3.8, 4) is 0 Å². The van der Waals surface area contributed by atoms with Crippen molar-refractivity contribution in [3.05, 3.63) is 66.8 Å². The van der Waals surface area contributed by atoms with E-state index >= 15 is 0 Å². The third-order valence-corrected chi connectivity index (χ3v) is 2.88. The van der Waals surface area contributed by atoms with Crippen molar-refractivity contribution in [2.75, 3.05) is 0 Å². The maximum absolute atomic E-state index is 11.7. The van der Waals surface area contributed by atoms with Crippen LogP contribution in [0.2, 0.25) is 0 Å². The van der Waals surface area contributed by atoms with E-state index in [0.29, 0.717) is 10.8 Å². The van der Waals surface area contributed by atoms with Gasteiger partial charge < -0.3 is 10.4 Å². The lowest BCUT2D eigenvalue weighted by molar-refractivity contribution is -0.780. The van der Waals surface area contributed by atoms with Gasteiger partial charge in [0.2, 0.25) is 0 Å². The number of rotatable bonds is 3. The summed E-state index contributed by atoms with van der Waals surface area (Å²) in [5, 5.41) is 45.2. The molecule has 1 aromatic heterocycles. The lowest BCUT2D eigenvalue weighted by Gasteiger charge is -2.16. The lowest BCUT2D eigenvalue weighted by Crippen LogP contribution is -2.48. The molecule has 1 aliphatic rings. The Morgan fingerprint density at radius 1 is 1.15 bits per heavy atom. The zero-order valence-electron chi connectivity index (χ0n) is 9.91. The number of hydrogen-bond donors (Lipinski definition) is 0. The molecule has 0 atom stereocenters. The normalized spacial score (nSPS) is 17.0. The fourth-order valence-corrected chi connectivity index (χ4v) is 1.79. The first-order chi connectivity index (χ1) is 9.38. The zero-order chi connectivity index (χ0) is 14.9. The van der Waals surface area contributed by atoms with Crippen LogP contribution in [0.5, 0.6) is 0 Å². The van der Waals surface area contributed by atoms with Gasteiger partial charge in [0.05, 0.1) is 0 Å². The Bertz CT molecular complexity index is 639. The van der Waals surface area contributed by atoms with Crippen LogP contribution in [-0.2, 0) is 0 Å². The standard InChI is InChI=1S/C10H8N4O6/c15-11-5-2-1-3-8(11)9-7-10(13(17)18,14(19)20)4-6-12(9)16/h1-3,5-7H,4H2. The van der Waals surface area contributed by atoms with Crippen molar-refractivity contribution in [1.82, 2.24) is 0 Å². The molecule has 0 amide bonds. The molecule has 0 aromatic carbocycles. The van der Waals surface area contributed by atoms with Gasteiger partial charge in [0.1, 0.15) is 15.9 Å². The number of aromatic nitrogens is 1. The van der Waals surface area contributed by atoms with Crippen molar-refractivity contribution in [2.24, 2.45) is 0 Å². The molecule has 2 heterocycles. The molecule has 10 nitrogen and oxygen atoms in total.